The molecule has 6 nitrogen and oxygen atoms in total. The van der Waals surface area contributed by atoms with Crippen molar-refractivity contribution < 1.29 is 9.53 Å². The third kappa shape index (κ3) is 1.79. The first-order valence-corrected chi connectivity index (χ1v) is 4.98. The zero-order valence-electron chi connectivity index (χ0n) is 8.48. The zero-order chi connectivity index (χ0) is 11.7. The topological polar surface area (TPSA) is 82.5 Å². The molecule has 2 heterocycles. The lowest BCUT2D eigenvalue weighted by molar-refractivity contribution is 0.0525. The number of aromatic nitrogens is 3. The van der Waals surface area contributed by atoms with Crippen molar-refractivity contribution in [2.24, 2.45) is 0 Å². The molecule has 16 heavy (non-hydrogen) atoms. The number of hydrogen-bond acceptors (Lipinski definition) is 5. The summed E-state index contributed by atoms with van der Waals surface area (Å²) in [6.45, 7) is 2.03. The fourth-order valence-electron chi connectivity index (χ4n) is 1.29. The Hall–Kier alpha value is -1.82. The molecule has 0 amide bonds. The molecule has 0 aliphatic carbocycles. The summed E-state index contributed by atoms with van der Waals surface area (Å²) >= 11 is 5.93. The first-order valence-electron chi connectivity index (χ1n) is 4.60. The second-order valence-electron chi connectivity index (χ2n) is 3.04. The van der Waals surface area contributed by atoms with E-state index in [2.05, 4.69) is 10.1 Å². The maximum atomic E-state index is 11.5. The molecule has 0 saturated carbocycles. The molecule has 2 aromatic heterocycles. The Labute approximate surface area is 96.0 Å². The Kier molecular flexibility index (Phi) is 2.66. The summed E-state index contributed by atoms with van der Waals surface area (Å²) in [6.07, 6.45) is 1.47. The SMILES string of the molecule is CCOC(=O)c1cc(Cl)c2nc(N)nn2c1. The van der Waals surface area contributed by atoms with Crippen LogP contribution in [0.4, 0.5) is 5.95 Å². The Balaban J connectivity index is 2.53. The second-order valence-corrected chi connectivity index (χ2v) is 3.44. The van der Waals surface area contributed by atoms with E-state index in [-0.39, 0.29) is 5.95 Å². The summed E-state index contributed by atoms with van der Waals surface area (Å²) in [5.41, 5.74) is 6.15. The molecule has 2 N–H and O–H groups in total. The highest BCUT2D eigenvalue weighted by molar-refractivity contribution is 6.33. The lowest BCUT2D eigenvalue weighted by atomic mass is 10.3. The molecule has 0 saturated heterocycles. The van der Waals surface area contributed by atoms with E-state index in [0.29, 0.717) is 22.8 Å². The second kappa shape index (κ2) is 3.97. The van der Waals surface area contributed by atoms with Gasteiger partial charge in [-0.1, -0.05) is 11.6 Å². The van der Waals surface area contributed by atoms with Gasteiger partial charge < -0.3 is 10.5 Å². The van der Waals surface area contributed by atoms with Crippen LogP contribution in [0.5, 0.6) is 0 Å². The minimum Gasteiger partial charge on any atom is -0.462 e. The van der Waals surface area contributed by atoms with Gasteiger partial charge >= 0.3 is 5.97 Å². The van der Waals surface area contributed by atoms with Gasteiger partial charge in [0, 0.05) is 6.20 Å². The number of nitrogen functional groups attached to an aromatic ring is 1. The maximum Gasteiger partial charge on any atom is 0.339 e. The number of pyridine rings is 1. The van der Waals surface area contributed by atoms with E-state index in [1.807, 2.05) is 0 Å². The van der Waals surface area contributed by atoms with Crippen LogP contribution in [0.3, 0.4) is 0 Å². The first kappa shape index (κ1) is 10.7. The Morgan fingerprint density at radius 3 is 3.12 bits per heavy atom. The predicted octanol–water partition coefficient (Wildman–Crippen LogP) is 1.14. The van der Waals surface area contributed by atoms with Crippen LogP contribution in [-0.4, -0.2) is 27.2 Å². The average molecular weight is 241 g/mol. The van der Waals surface area contributed by atoms with E-state index < -0.39 is 5.97 Å². The molecule has 0 aromatic carbocycles. The monoisotopic (exact) mass is 240 g/mol. The van der Waals surface area contributed by atoms with Crippen LogP contribution in [-0.2, 0) is 4.74 Å². The molecule has 0 spiro atoms. The van der Waals surface area contributed by atoms with Crippen molar-refractivity contribution in [3.8, 4) is 0 Å². The van der Waals surface area contributed by atoms with Gasteiger partial charge in [0.25, 0.3) is 0 Å². The number of esters is 1. The molecule has 0 unspecified atom stereocenters. The third-order valence-electron chi connectivity index (χ3n) is 1.92. The lowest BCUT2D eigenvalue weighted by Gasteiger charge is -2.02. The van der Waals surface area contributed by atoms with E-state index in [0.717, 1.165) is 0 Å². The number of hydrogen-bond donors (Lipinski definition) is 1. The molecule has 0 fully saturated rings. The van der Waals surface area contributed by atoms with Crippen LogP contribution in [0.25, 0.3) is 5.65 Å². The van der Waals surface area contributed by atoms with Crippen molar-refractivity contribution in [3.63, 3.8) is 0 Å². The molecule has 0 bridgehead atoms. The van der Waals surface area contributed by atoms with E-state index >= 15 is 0 Å². The van der Waals surface area contributed by atoms with Gasteiger partial charge in [0.2, 0.25) is 5.95 Å². The number of nitrogens with two attached hydrogens (primary N) is 1. The van der Waals surface area contributed by atoms with E-state index in [1.165, 1.54) is 16.8 Å². The number of carbonyl (C=O) groups excluding carboxylic acids is 1. The smallest absolute Gasteiger partial charge is 0.339 e. The summed E-state index contributed by atoms with van der Waals surface area (Å²) in [7, 11) is 0. The number of halogens is 1. The molecule has 7 heteroatoms. The van der Waals surface area contributed by atoms with E-state index in [1.54, 1.807) is 6.92 Å². The molecule has 0 radical (unpaired) electrons. The van der Waals surface area contributed by atoms with Gasteiger partial charge in [-0.15, -0.1) is 5.10 Å². The summed E-state index contributed by atoms with van der Waals surface area (Å²) in [5, 5.41) is 4.17. The normalized spacial score (nSPS) is 10.6. The van der Waals surface area contributed by atoms with Crippen LogP contribution < -0.4 is 5.73 Å². The molecule has 2 aromatic rings. The van der Waals surface area contributed by atoms with Crippen molar-refractivity contribution in [2.75, 3.05) is 12.3 Å². The first-order chi connectivity index (χ1) is 7.61. The predicted molar refractivity (Wildman–Crippen MR) is 58.4 cm³/mol. The number of ether oxygens (including phenoxy) is 1. The fraction of sp³-hybridized carbons (Fsp3) is 0.222. The molecular weight excluding hydrogens is 232 g/mol. The van der Waals surface area contributed by atoms with Gasteiger partial charge in [-0.2, -0.15) is 4.98 Å². The molecule has 84 valence electrons. The molecule has 2 rings (SSSR count). The van der Waals surface area contributed by atoms with Crippen LogP contribution in [0.1, 0.15) is 17.3 Å². The average Bonchev–Trinajstić information content (AvgIpc) is 2.59. The third-order valence-corrected chi connectivity index (χ3v) is 2.19. The minimum atomic E-state index is -0.458. The van der Waals surface area contributed by atoms with E-state index in [9.17, 15) is 4.79 Å². The molecule has 0 aliphatic rings. The largest absolute Gasteiger partial charge is 0.462 e. The van der Waals surface area contributed by atoms with Crippen molar-refractivity contribution in [2.45, 2.75) is 6.92 Å². The lowest BCUT2D eigenvalue weighted by Crippen LogP contribution is -2.06. The van der Waals surface area contributed by atoms with Gasteiger partial charge in [0.15, 0.2) is 5.65 Å². The summed E-state index contributed by atoms with van der Waals surface area (Å²) < 4.78 is 6.20. The fourth-order valence-corrected chi connectivity index (χ4v) is 1.54. The number of nitrogens with zero attached hydrogens (tertiary/aromatic N) is 3. The summed E-state index contributed by atoms with van der Waals surface area (Å²) in [6, 6.07) is 1.48. The quantitative estimate of drug-likeness (QED) is 0.796. The molecular formula is C9H9ClN4O2. The highest BCUT2D eigenvalue weighted by Gasteiger charge is 2.12. The number of carbonyl (C=O) groups is 1. The Bertz CT molecular complexity index is 552. The Morgan fingerprint density at radius 2 is 2.44 bits per heavy atom. The van der Waals surface area contributed by atoms with Crippen LogP contribution in [0.15, 0.2) is 12.3 Å². The van der Waals surface area contributed by atoms with Gasteiger partial charge in [-0.25, -0.2) is 9.31 Å². The molecule has 0 aliphatic heterocycles. The maximum absolute atomic E-state index is 11.5. The zero-order valence-corrected chi connectivity index (χ0v) is 9.23. The van der Waals surface area contributed by atoms with Crippen molar-refractivity contribution in [1.29, 1.82) is 0 Å². The number of anilines is 1. The van der Waals surface area contributed by atoms with Gasteiger partial charge in [0.05, 0.1) is 17.2 Å². The highest BCUT2D eigenvalue weighted by atomic mass is 35.5. The summed E-state index contributed by atoms with van der Waals surface area (Å²) in [4.78, 5) is 15.4. The minimum absolute atomic E-state index is 0.0999. The Morgan fingerprint density at radius 1 is 1.69 bits per heavy atom. The number of fused-ring (bicyclic) bond motifs is 1. The van der Waals surface area contributed by atoms with Crippen LogP contribution in [0, 0.1) is 0 Å². The number of rotatable bonds is 2. The molecule has 0 atom stereocenters. The van der Waals surface area contributed by atoms with Crippen molar-refractivity contribution in [1.82, 2.24) is 14.6 Å². The van der Waals surface area contributed by atoms with Crippen molar-refractivity contribution >= 4 is 29.2 Å². The van der Waals surface area contributed by atoms with E-state index in [4.69, 9.17) is 22.1 Å². The van der Waals surface area contributed by atoms with Crippen LogP contribution >= 0.6 is 11.6 Å². The van der Waals surface area contributed by atoms with Gasteiger partial charge in [-0.05, 0) is 13.0 Å². The standard InChI is InChI=1S/C9H9ClN4O2/c1-2-16-8(15)5-3-6(10)7-12-9(11)13-14(7)4-5/h3-4H,2H2,1H3,(H2,11,13). The summed E-state index contributed by atoms with van der Waals surface area (Å²) in [5.74, 6) is -0.358. The van der Waals surface area contributed by atoms with Gasteiger partial charge in [0.1, 0.15) is 0 Å². The van der Waals surface area contributed by atoms with Gasteiger partial charge in [-0.3, -0.25) is 0 Å². The highest BCUT2D eigenvalue weighted by Crippen LogP contribution is 2.18. The van der Waals surface area contributed by atoms with Crippen LogP contribution in [0.2, 0.25) is 5.02 Å². The van der Waals surface area contributed by atoms with Crippen molar-refractivity contribution in [3.05, 3.63) is 22.8 Å².